The van der Waals surface area contributed by atoms with Gasteiger partial charge < -0.3 is 9.72 Å². The van der Waals surface area contributed by atoms with Gasteiger partial charge in [-0.15, -0.1) is 0 Å². The number of benzene rings is 2. The van der Waals surface area contributed by atoms with Gasteiger partial charge in [0, 0.05) is 29.1 Å². The number of aromatic amines is 1. The van der Waals surface area contributed by atoms with Gasteiger partial charge in [0.25, 0.3) is 0 Å². The molecule has 4 rings (SSSR count). The van der Waals surface area contributed by atoms with Crippen LogP contribution in [0, 0.1) is 0 Å². The van der Waals surface area contributed by atoms with Gasteiger partial charge in [-0.05, 0) is 30.0 Å². The third-order valence-electron chi connectivity index (χ3n) is 5.06. The molecule has 2 N–H and O–H groups in total. The van der Waals surface area contributed by atoms with Crippen molar-refractivity contribution in [3.05, 3.63) is 71.4 Å². The van der Waals surface area contributed by atoms with Gasteiger partial charge in [0.15, 0.2) is 0 Å². The standard InChI is InChI=1S/C21H22N2O2/c1-25-21(24)19-13-16-15-9-5-6-10-17(15)23-20(16)18(22-19)12-11-14-7-3-2-4-8-14/h2-10,18-19,22-23H,11-13H2,1H3/t18-,19+/m1/s1. The van der Waals surface area contributed by atoms with Gasteiger partial charge in [-0.1, -0.05) is 48.5 Å². The summed E-state index contributed by atoms with van der Waals surface area (Å²) >= 11 is 0. The Bertz CT molecular complexity index is 885. The first-order valence-electron chi connectivity index (χ1n) is 8.73. The second-order valence-corrected chi connectivity index (χ2v) is 6.59. The van der Waals surface area contributed by atoms with E-state index in [-0.39, 0.29) is 18.1 Å². The number of aryl methyl sites for hydroxylation is 1. The Morgan fingerprint density at radius 2 is 1.88 bits per heavy atom. The summed E-state index contributed by atoms with van der Waals surface area (Å²) in [5.41, 5.74) is 4.88. The Morgan fingerprint density at radius 1 is 1.12 bits per heavy atom. The van der Waals surface area contributed by atoms with E-state index in [0.29, 0.717) is 6.42 Å². The summed E-state index contributed by atoms with van der Waals surface area (Å²) in [5.74, 6) is -0.194. The zero-order valence-electron chi connectivity index (χ0n) is 14.3. The van der Waals surface area contributed by atoms with Crippen molar-refractivity contribution in [1.29, 1.82) is 0 Å². The first-order valence-corrected chi connectivity index (χ1v) is 8.73. The first kappa shape index (κ1) is 15.9. The molecule has 0 fully saturated rings. The highest BCUT2D eigenvalue weighted by Gasteiger charge is 2.33. The average molecular weight is 334 g/mol. The second kappa shape index (κ2) is 6.73. The number of para-hydroxylation sites is 1. The maximum absolute atomic E-state index is 12.2. The van der Waals surface area contributed by atoms with Crippen LogP contribution < -0.4 is 5.32 Å². The molecular weight excluding hydrogens is 312 g/mol. The minimum atomic E-state index is -0.294. The van der Waals surface area contributed by atoms with Crippen LogP contribution in [0.5, 0.6) is 0 Å². The van der Waals surface area contributed by atoms with Crippen LogP contribution in [0.25, 0.3) is 10.9 Å². The molecule has 1 aliphatic rings. The van der Waals surface area contributed by atoms with E-state index in [1.54, 1.807) is 0 Å². The molecule has 25 heavy (non-hydrogen) atoms. The van der Waals surface area contributed by atoms with Crippen molar-refractivity contribution in [2.24, 2.45) is 0 Å². The van der Waals surface area contributed by atoms with E-state index in [1.165, 1.54) is 29.3 Å². The minimum Gasteiger partial charge on any atom is -0.468 e. The predicted octanol–water partition coefficient (Wildman–Crippen LogP) is 3.53. The number of rotatable bonds is 4. The summed E-state index contributed by atoms with van der Waals surface area (Å²) in [5, 5.41) is 4.69. The Labute approximate surface area is 147 Å². The number of hydrogen-bond acceptors (Lipinski definition) is 3. The summed E-state index contributed by atoms with van der Waals surface area (Å²) in [6.07, 6.45) is 2.55. The van der Waals surface area contributed by atoms with Gasteiger partial charge in [0.05, 0.1) is 7.11 Å². The lowest BCUT2D eigenvalue weighted by Crippen LogP contribution is -2.45. The number of nitrogens with one attached hydrogen (secondary N) is 2. The van der Waals surface area contributed by atoms with Gasteiger partial charge in [-0.2, -0.15) is 0 Å². The molecule has 4 heteroatoms. The number of carbonyl (C=O) groups excluding carboxylic acids is 1. The van der Waals surface area contributed by atoms with E-state index in [1.807, 2.05) is 18.2 Å². The highest BCUT2D eigenvalue weighted by atomic mass is 16.5. The summed E-state index contributed by atoms with van der Waals surface area (Å²) in [7, 11) is 1.45. The van der Waals surface area contributed by atoms with Crippen molar-refractivity contribution in [3.63, 3.8) is 0 Å². The maximum Gasteiger partial charge on any atom is 0.323 e. The molecule has 2 aromatic carbocycles. The molecule has 0 bridgehead atoms. The molecule has 0 amide bonds. The van der Waals surface area contributed by atoms with E-state index in [9.17, 15) is 4.79 Å². The number of carbonyl (C=O) groups is 1. The SMILES string of the molecule is COC(=O)[C@@H]1Cc2c([nH]c3ccccc23)[C@@H](CCc2ccccc2)N1. The van der Waals surface area contributed by atoms with Crippen LogP contribution in [-0.4, -0.2) is 24.1 Å². The third kappa shape index (κ3) is 3.05. The predicted molar refractivity (Wildman–Crippen MR) is 98.4 cm³/mol. The molecule has 3 aromatic rings. The smallest absolute Gasteiger partial charge is 0.323 e. The van der Waals surface area contributed by atoms with Crippen molar-refractivity contribution in [2.75, 3.05) is 7.11 Å². The molecule has 128 valence electrons. The highest BCUT2D eigenvalue weighted by Crippen LogP contribution is 2.34. The lowest BCUT2D eigenvalue weighted by atomic mass is 9.91. The van der Waals surface area contributed by atoms with Crippen LogP contribution in [0.4, 0.5) is 0 Å². The molecular formula is C21H22N2O2. The van der Waals surface area contributed by atoms with Crippen LogP contribution in [0.3, 0.4) is 0 Å². The Morgan fingerprint density at radius 3 is 2.68 bits per heavy atom. The minimum absolute atomic E-state index is 0.112. The molecule has 1 aromatic heterocycles. The number of esters is 1. The monoisotopic (exact) mass is 334 g/mol. The molecule has 0 saturated carbocycles. The van der Waals surface area contributed by atoms with Crippen LogP contribution in [0.1, 0.15) is 29.3 Å². The molecule has 0 radical (unpaired) electrons. The molecule has 0 spiro atoms. The number of aromatic nitrogens is 1. The Balaban J connectivity index is 1.66. The van der Waals surface area contributed by atoms with Crippen molar-refractivity contribution in [2.45, 2.75) is 31.3 Å². The largest absolute Gasteiger partial charge is 0.468 e. The highest BCUT2D eigenvalue weighted by molar-refractivity contribution is 5.87. The molecule has 0 saturated heterocycles. The molecule has 2 heterocycles. The number of H-pyrrole nitrogens is 1. The van der Waals surface area contributed by atoms with Crippen LogP contribution >= 0.6 is 0 Å². The summed E-state index contributed by atoms with van der Waals surface area (Å²) < 4.78 is 4.99. The van der Waals surface area contributed by atoms with Gasteiger partial charge in [-0.25, -0.2) is 0 Å². The normalized spacial score (nSPS) is 19.6. The van der Waals surface area contributed by atoms with Crippen molar-refractivity contribution < 1.29 is 9.53 Å². The quantitative estimate of drug-likeness (QED) is 0.718. The first-order chi connectivity index (χ1) is 12.3. The molecule has 2 atom stereocenters. The maximum atomic E-state index is 12.2. The van der Waals surface area contributed by atoms with Crippen molar-refractivity contribution in [3.8, 4) is 0 Å². The number of methoxy groups -OCH3 is 1. The summed E-state index contributed by atoms with van der Waals surface area (Å²) in [4.78, 5) is 15.7. The third-order valence-corrected chi connectivity index (χ3v) is 5.06. The fourth-order valence-electron chi connectivity index (χ4n) is 3.80. The van der Waals surface area contributed by atoms with E-state index in [4.69, 9.17) is 4.74 Å². The van der Waals surface area contributed by atoms with Crippen LogP contribution in [-0.2, 0) is 22.4 Å². The lowest BCUT2D eigenvalue weighted by molar-refractivity contribution is -0.143. The number of ether oxygens (including phenoxy) is 1. The van der Waals surface area contributed by atoms with E-state index < -0.39 is 0 Å². The van der Waals surface area contributed by atoms with Gasteiger partial charge in [0.2, 0.25) is 0 Å². The Hall–Kier alpha value is -2.59. The van der Waals surface area contributed by atoms with Gasteiger partial charge in [-0.3, -0.25) is 10.1 Å². The van der Waals surface area contributed by atoms with E-state index in [2.05, 4.69) is 46.7 Å². The van der Waals surface area contributed by atoms with Crippen LogP contribution in [0.2, 0.25) is 0 Å². The zero-order chi connectivity index (χ0) is 17.2. The second-order valence-electron chi connectivity index (χ2n) is 6.59. The van der Waals surface area contributed by atoms with Crippen molar-refractivity contribution in [1.82, 2.24) is 10.3 Å². The fraction of sp³-hybridized carbons (Fsp3) is 0.286. The molecule has 4 nitrogen and oxygen atoms in total. The van der Waals surface area contributed by atoms with E-state index in [0.717, 1.165) is 18.4 Å². The van der Waals surface area contributed by atoms with Crippen molar-refractivity contribution >= 4 is 16.9 Å². The average Bonchev–Trinajstić information content (AvgIpc) is 3.05. The fourth-order valence-corrected chi connectivity index (χ4v) is 3.80. The molecule has 0 aliphatic carbocycles. The number of hydrogen-bond donors (Lipinski definition) is 2. The number of fused-ring (bicyclic) bond motifs is 3. The van der Waals surface area contributed by atoms with Gasteiger partial charge >= 0.3 is 5.97 Å². The molecule has 1 aliphatic heterocycles. The summed E-state index contributed by atoms with van der Waals surface area (Å²) in [6, 6.07) is 18.6. The molecule has 0 unspecified atom stereocenters. The van der Waals surface area contributed by atoms with E-state index >= 15 is 0 Å². The van der Waals surface area contributed by atoms with Gasteiger partial charge in [0.1, 0.15) is 6.04 Å². The Kier molecular flexibility index (Phi) is 4.28. The lowest BCUT2D eigenvalue weighted by Gasteiger charge is -2.30. The van der Waals surface area contributed by atoms with Crippen LogP contribution in [0.15, 0.2) is 54.6 Å². The zero-order valence-corrected chi connectivity index (χ0v) is 14.3. The summed E-state index contributed by atoms with van der Waals surface area (Å²) in [6.45, 7) is 0. The topological polar surface area (TPSA) is 54.1 Å².